The maximum absolute atomic E-state index is 13.7. The summed E-state index contributed by atoms with van der Waals surface area (Å²) in [6.45, 7) is 0. The van der Waals surface area contributed by atoms with Gasteiger partial charge in [0.05, 0.1) is 7.11 Å². The van der Waals surface area contributed by atoms with E-state index in [9.17, 15) is 17.6 Å². The quantitative estimate of drug-likeness (QED) is 0.624. The molecule has 0 bridgehead atoms. The van der Waals surface area contributed by atoms with Crippen LogP contribution in [0.1, 0.15) is 0 Å². The molecule has 0 saturated carbocycles. The van der Waals surface area contributed by atoms with Crippen LogP contribution in [0.4, 0.5) is 28.9 Å². The van der Waals surface area contributed by atoms with Gasteiger partial charge in [0.15, 0.2) is 23.3 Å². The Morgan fingerprint density at radius 2 is 1.40 bits per heavy atom. The summed E-state index contributed by atoms with van der Waals surface area (Å²) < 4.78 is 58.7. The summed E-state index contributed by atoms with van der Waals surface area (Å²) in [6, 6.07) is 6.34. The fraction of sp³-hybridized carbons (Fsp3) is 0.143. The van der Waals surface area contributed by atoms with Crippen molar-refractivity contribution < 1.29 is 22.3 Å². The number of hydrogen-bond acceptors (Lipinski definition) is 2. The molecule has 0 fully saturated rings. The van der Waals surface area contributed by atoms with Crippen molar-refractivity contribution in [2.24, 2.45) is 0 Å². The molecular formula is C14H11F4NO. The largest absolute Gasteiger partial charge is 0.497 e. The minimum Gasteiger partial charge on any atom is -0.497 e. The number of nitrogens with zero attached hydrogens (tertiary/aromatic N) is 1. The van der Waals surface area contributed by atoms with Crippen LogP contribution in [0, 0.1) is 23.3 Å². The van der Waals surface area contributed by atoms with Crippen LogP contribution in [0.5, 0.6) is 5.75 Å². The van der Waals surface area contributed by atoms with E-state index in [0.717, 1.165) is 4.90 Å². The van der Waals surface area contributed by atoms with E-state index in [1.807, 2.05) is 0 Å². The Labute approximate surface area is 113 Å². The first-order valence-corrected chi connectivity index (χ1v) is 5.66. The third kappa shape index (κ3) is 2.41. The number of rotatable bonds is 3. The Balaban J connectivity index is 2.49. The van der Waals surface area contributed by atoms with Gasteiger partial charge in [0.2, 0.25) is 0 Å². The minimum atomic E-state index is -1.45. The zero-order valence-corrected chi connectivity index (χ0v) is 10.8. The molecule has 0 amide bonds. The molecule has 2 aromatic rings. The highest BCUT2D eigenvalue weighted by Gasteiger charge is 2.22. The summed E-state index contributed by atoms with van der Waals surface area (Å²) in [5.74, 6) is -5.23. The fourth-order valence-corrected chi connectivity index (χ4v) is 1.79. The average molecular weight is 285 g/mol. The third-order valence-electron chi connectivity index (χ3n) is 2.88. The lowest BCUT2D eigenvalue weighted by Crippen LogP contribution is -2.15. The number of benzene rings is 2. The van der Waals surface area contributed by atoms with Gasteiger partial charge in [0, 0.05) is 18.8 Å². The second-order valence-corrected chi connectivity index (χ2v) is 4.07. The van der Waals surface area contributed by atoms with Crippen molar-refractivity contribution >= 4 is 11.4 Å². The molecule has 0 aromatic heterocycles. The summed E-state index contributed by atoms with van der Waals surface area (Å²) >= 11 is 0. The summed E-state index contributed by atoms with van der Waals surface area (Å²) in [5, 5.41) is 0. The topological polar surface area (TPSA) is 12.5 Å². The molecule has 0 radical (unpaired) electrons. The van der Waals surface area contributed by atoms with Crippen LogP contribution in [-0.4, -0.2) is 14.2 Å². The van der Waals surface area contributed by atoms with Crippen LogP contribution in [-0.2, 0) is 0 Å². The number of methoxy groups -OCH3 is 1. The maximum Gasteiger partial charge on any atom is 0.185 e. The molecule has 0 aliphatic carbocycles. The monoisotopic (exact) mass is 285 g/mol. The predicted molar refractivity (Wildman–Crippen MR) is 67.3 cm³/mol. The molecule has 0 aliphatic heterocycles. The van der Waals surface area contributed by atoms with E-state index >= 15 is 0 Å². The molecule has 0 heterocycles. The van der Waals surface area contributed by atoms with E-state index in [4.69, 9.17) is 4.74 Å². The Bertz CT molecular complexity index is 602. The van der Waals surface area contributed by atoms with Crippen LogP contribution in [0.25, 0.3) is 0 Å². The second-order valence-electron chi connectivity index (χ2n) is 4.07. The van der Waals surface area contributed by atoms with Crippen LogP contribution >= 0.6 is 0 Å². The van der Waals surface area contributed by atoms with Crippen molar-refractivity contribution in [1.29, 1.82) is 0 Å². The Morgan fingerprint density at radius 1 is 0.900 bits per heavy atom. The zero-order valence-electron chi connectivity index (χ0n) is 10.8. The summed E-state index contributed by atoms with van der Waals surface area (Å²) in [5.41, 5.74) is -0.429. The molecule has 2 rings (SSSR count). The van der Waals surface area contributed by atoms with Gasteiger partial charge in [-0.05, 0) is 24.3 Å². The number of ether oxygens (including phenoxy) is 1. The molecule has 2 nitrogen and oxygen atoms in total. The maximum atomic E-state index is 13.7. The lowest BCUT2D eigenvalue weighted by atomic mass is 10.2. The lowest BCUT2D eigenvalue weighted by molar-refractivity contribution is 0.415. The number of halogens is 4. The van der Waals surface area contributed by atoms with Gasteiger partial charge < -0.3 is 9.64 Å². The van der Waals surface area contributed by atoms with Gasteiger partial charge in [0.1, 0.15) is 11.4 Å². The molecule has 6 heteroatoms. The number of hydrogen-bond donors (Lipinski definition) is 0. The van der Waals surface area contributed by atoms with Crippen LogP contribution in [0.2, 0.25) is 0 Å². The molecule has 0 aliphatic rings. The molecule has 20 heavy (non-hydrogen) atoms. The second kappa shape index (κ2) is 5.40. The molecule has 2 aromatic carbocycles. The molecule has 106 valence electrons. The summed E-state index contributed by atoms with van der Waals surface area (Å²) in [7, 11) is 2.78. The van der Waals surface area contributed by atoms with Gasteiger partial charge >= 0.3 is 0 Å². The van der Waals surface area contributed by atoms with Crippen molar-refractivity contribution in [3.8, 4) is 5.75 Å². The normalized spacial score (nSPS) is 10.5. The van der Waals surface area contributed by atoms with Gasteiger partial charge in [-0.25, -0.2) is 17.6 Å². The van der Waals surface area contributed by atoms with E-state index < -0.39 is 29.0 Å². The first-order valence-electron chi connectivity index (χ1n) is 5.66. The van der Waals surface area contributed by atoms with E-state index in [1.165, 1.54) is 26.3 Å². The van der Waals surface area contributed by atoms with Crippen LogP contribution < -0.4 is 9.64 Å². The molecule has 0 atom stereocenters. The first-order chi connectivity index (χ1) is 9.45. The van der Waals surface area contributed by atoms with E-state index in [2.05, 4.69) is 0 Å². The molecule has 0 saturated heterocycles. The molecule has 0 spiro atoms. The standard InChI is InChI=1S/C14H11F4NO/c1-19(8-3-5-9(20-2)6-4-8)14-12(17)10(15)7-11(16)13(14)18/h3-7H,1-2H3. The summed E-state index contributed by atoms with van der Waals surface area (Å²) in [6.07, 6.45) is 0. The van der Waals surface area contributed by atoms with E-state index in [1.54, 1.807) is 12.1 Å². The van der Waals surface area contributed by atoms with Crippen molar-refractivity contribution in [3.05, 3.63) is 53.6 Å². The van der Waals surface area contributed by atoms with Crippen molar-refractivity contribution in [1.82, 2.24) is 0 Å². The molecule has 0 N–H and O–H groups in total. The van der Waals surface area contributed by atoms with Gasteiger partial charge in [-0.1, -0.05) is 0 Å². The van der Waals surface area contributed by atoms with Gasteiger partial charge in [0.25, 0.3) is 0 Å². The highest BCUT2D eigenvalue weighted by molar-refractivity contribution is 5.64. The van der Waals surface area contributed by atoms with Crippen LogP contribution in [0.15, 0.2) is 30.3 Å². The predicted octanol–water partition coefficient (Wildman–Crippen LogP) is 4.02. The molecule has 0 unspecified atom stereocenters. The highest BCUT2D eigenvalue weighted by atomic mass is 19.2. The summed E-state index contributed by atoms with van der Waals surface area (Å²) in [4.78, 5) is 1.02. The van der Waals surface area contributed by atoms with Crippen molar-refractivity contribution in [2.75, 3.05) is 19.1 Å². The van der Waals surface area contributed by atoms with Crippen LogP contribution in [0.3, 0.4) is 0 Å². The SMILES string of the molecule is COc1ccc(N(C)c2c(F)c(F)cc(F)c2F)cc1. The van der Waals surface area contributed by atoms with Crippen molar-refractivity contribution in [2.45, 2.75) is 0 Å². The van der Waals surface area contributed by atoms with Gasteiger partial charge in [-0.3, -0.25) is 0 Å². The van der Waals surface area contributed by atoms with Crippen molar-refractivity contribution in [3.63, 3.8) is 0 Å². The third-order valence-corrected chi connectivity index (χ3v) is 2.88. The number of anilines is 2. The molecular weight excluding hydrogens is 274 g/mol. The van der Waals surface area contributed by atoms with Gasteiger partial charge in [-0.15, -0.1) is 0 Å². The first kappa shape index (κ1) is 14.2. The highest BCUT2D eigenvalue weighted by Crippen LogP contribution is 2.32. The minimum absolute atomic E-state index is 0.177. The Kier molecular flexibility index (Phi) is 3.83. The van der Waals surface area contributed by atoms with Gasteiger partial charge in [-0.2, -0.15) is 0 Å². The fourth-order valence-electron chi connectivity index (χ4n) is 1.79. The smallest absolute Gasteiger partial charge is 0.185 e. The average Bonchev–Trinajstić information content (AvgIpc) is 2.45. The Morgan fingerprint density at radius 3 is 1.85 bits per heavy atom. The van der Waals surface area contributed by atoms with E-state index in [0.29, 0.717) is 11.4 Å². The zero-order chi connectivity index (χ0) is 14.9. The Hall–Kier alpha value is -2.24. The van der Waals surface area contributed by atoms with E-state index in [-0.39, 0.29) is 6.07 Å². The lowest BCUT2D eigenvalue weighted by Gasteiger charge is -2.21.